The van der Waals surface area contributed by atoms with Gasteiger partial charge in [-0.15, -0.1) is 0 Å². The van der Waals surface area contributed by atoms with E-state index in [1.54, 1.807) is 0 Å². The molecule has 0 spiro atoms. The first-order valence-electron chi connectivity index (χ1n) is 6.88. The van der Waals surface area contributed by atoms with E-state index < -0.39 is 0 Å². The zero-order valence-electron chi connectivity index (χ0n) is 10.9. The minimum atomic E-state index is 0.578. The van der Waals surface area contributed by atoms with Gasteiger partial charge < -0.3 is 15.2 Å². The summed E-state index contributed by atoms with van der Waals surface area (Å²) in [5, 5.41) is 0. The van der Waals surface area contributed by atoms with Gasteiger partial charge in [-0.2, -0.15) is 0 Å². The number of hydrogen-bond donors (Lipinski definition) is 1. The predicted molar refractivity (Wildman–Crippen MR) is 72.6 cm³/mol. The zero-order chi connectivity index (χ0) is 12.6. The summed E-state index contributed by atoms with van der Waals surface area (Å²) in [6, 6.07) is 7.94. The van der Waals surface area contributed by atoms with Crippen LogP contribution in [0.15, 0.2) is 24.3 Å². The van der Waals surface area contributed by atoms with Gasteiger partial charge in [0.15, 0.2) is 0 Å². The van der Waals surface area contributed by atoms with Crippen molar-refractivity contribution in [3.8, 4) is 5.75 Å². The van der Waals surface area contributed by atoms with Crippen LogP contribution in [0.3, 0.4) is 0 Å². The van der Waals surface area contributed by atoms with E-state index >= 15 is 0 Å². The van der Waals surface area contributed by atoms with Gasteiger partial charge in [-0.3, -0.25) is 0 Å². The maximum atomic E-state index is 5.62. The molecule has 0 radical (unpaired) electrons. The topological polar surface area (TPSA) is 44.5 Å². The van der Waals surface area contributed by atoms with Gasteiger partial charge in [0.05, 0.1) is 6.61 Å². The van der Waals surface area contributed by atoms with Crippen molar-refractivity contribution in [1.82, 2.24) is 0 Å². The average Bonchev–Trinajstić information content (AvgIpc) is 3.22. The molecule has 3 nitrogen and oxygen atoms in total. The number of rotatable bonds is 9. The Morgan fingerprint density at radius 1 is 1.06 bits per heavy atom. The van der Waals surface area contributed by atoms with Crippen LogP contribution in [0.4, 0.5) is 0 Å². The Labute approximate surface area is 109 Å². The van der Waals surface area contributed by atoms with Gasteiger partial charge in [0.1, 0.15) is 5.75 Å². The Morgan fingerprint density at radius 3 is 2.50 bits per heavy atom. The van der Waals surface area contributed by atoms with Crippen molar-refractivity contribution in [3.63, 3.8) is 0 Å². The maximum Gasteiger partial charge on any atom is 0.119 e. The summed E-state index contributed by atoms with van der Waals surface area (Å²) in [7, 11) is 0. The van der Waals surface area contributed by atoms with E-state index in [9.17, 15) is 0 Å². The molecule has 3 heteroatoms. The molecule has 1 aliphatic rings. The molecule has 0 amide bonds. The van der Waals surface area contributed by atoms with Crippen LogP contribution >= 0.6 is 0 Å². The number of benzene rings is 1. The molecule has 0 heterocycles. The second-order valence-electron chi connectivity index (χ2n) is 4.89. The molecule has 1 saturated carbocycles. The molecule has 1 aromatic rings. The van der Waals surface area contributed by atoms with Crippen molar-refractivity contribution < 1.29 is 9.47 Å². The summed E-state index contributed by atoms with van der Waals surface area (Å²) in [4.78, 5) is 0. The van der Waals surface area contributed by atoms with Crippen LogP contribution in [0.5, 0.6) is 5.75 Å². The molecule has 0 unspecified atom stereocenters. The largest absolute Gasteiger partial charge is 0.494 e. The van der Waals surface area contributed by atoms with Crippen LogP contribution in [0.1, 0.15) is 31.2 Å². The van der Waals surface area contributed by atoms with Crippen molar-refractivity contribution >= 4 is 0 Å². The molecule has 2 rings (SSSR count). The summed E-state index contributed by atoms with van der Waals surface area (Å²) in [6.07, 6.45) is 5.00. The fourth-order valence-electron chi connectivity index (χ4n) is 1.83. The van der Waals surface area contributed by atoms with Gasteiger partial charge in [0.25, 0.3) is 0 Å². The van der Waals surface area contributed by atoms with Gasteiger partial charge in [-0.05, 0) is 30.0 Å². The highest BCUT2D eigenvalue weighted by molar-refractivity contribution is 5.26. The Bertz CT molecular complexity index is 333. The Hall–Kier alpha value is -1.06. The fourth-order valence-corrected chi connectivity index (χ4v) is 1.83. The van der Waals surface area contributed by atoms with Gasteiger partial charge in [-0.25, -0.2) is 0 Å². The highest BCUT2D eigenvalue weighted by Crippen LogP contribution is 2.32. The van der Waals surface area contributed by atoms with Crippen LogP contribution in [-0.4, -0.2) is 19.8 Å². The first-order chi connectivity index (χ1) is 8.88. The average molecular weight is 249 g/mol. The SMILES string of the molecule is NCc1ccc(OCCCOCCC2CC2)cc1. The molecule has 0 bridgehead atoms. The first-order valence-corrected chi connectivity index (χ1v) is 6.88. The molecule has 2 N–H and O–H groups in total. The van der Waals surface area contributed by atoms with Crippen molar-refractivity contribution in [2.24, 2.45) is 11.7 Å². The molecule has 18 heavy (non-hydrogen) atoms. The van der Waals surface area contributed by atoms with Gasteiger partial charge in [0, 0.05) is 26.2 Å². The first kappa shape index (κ1) is 13.4. The standard InChI is InChI=1S/C15H23NO2/c16-12-14-4-6-15(7-5-14)18-10-1-9-17-11-8-13-2-3-13/h4-7,13H,1-3,8-12,16H2. The molecule has 100 valence electrons. The normalized spacial score (nSPS) is 14.7. The molecular formula is C15H23NO2. The lowest BCUT2D eigenvalue weighted by atomic mass is 10.2. The van der Waals surface area contributed by atoms with Crippen molar-refractivity contribution in [3.05, 3.63) is 29.8 Å². The fraction of sp³-hybridized carbons (Fsp3) is 0.600. The van der Waals surface area contributed by atoms with E-state index in [1.807, 2.05) is 24.3 Å². The number of ether oxygens (including phenoxy) is 2. The van der Waals surface area contributed by atoms with Crippen LogP contribution in [0.25, 0.3) is 0 Å². The number of hydrogen-bond acceptors (Lipinski definition) is 3. The second-order valence-corrected chi connectivity index (χ2v) is 4.89. The lowest BCUT2D eigenvalue weighted by Gasteiger charge is -2.07. The highest BCUT2D eigenvalue weighted by atomic mass is 16.5. The maximum absolute atomic E-state index is 5.62. The molecule has 0 aromatic heterocycles. The van der Waals surface area contributed by atoms with Crippen LogP contribution < -0.4 is 10.5 Å². The van der Waals surface area contributed by atoms with Crippen molar-refractivity contribution in [2.45, 2.75) is 32.2 Å². The van der Waals surface area contributed by atoms with E-state index in [-0.39, 0.29) is 0 Å². The van der Waals surface area contributed by atoms with Crippen LogP contribution in [0, 0.1) is 5.92 Å². The van der Waals surface area contributed by atoms with E-state index in [4.69, 9.17) is 15.2 Å². The molecule has 0 atom stereocenters. The molecule has 0 aliphatic heterocycles. The van der Waals surface area contributed by atoms with Crippen molar-refractivity contribution in [1.29, 1.82) is 0 Å². The van der Waals surface area contributed by atoms with Gasteiger partial charge in [0.2, 0.25) is 0 Å². The molecular weight excluding hydrogens is 226 g/mol. The quantitative estimate of drug-likeness (QED) is 0.684. The molecule has 1 aromatic carbocycles. The summed E-state index contributed by atoms with van der Waals surface area (Å²) < 4.78 is 11.2. The van der Waals surface area contributed by atoms with Gasteiger partial charge >= 0.3 is 0 Å². The van der Waals surface area contributed by atoms with E-state index in [2.05, 4.69) is 0 Å². The third kappa shape index (κ3) is 5.07. The van der Waals surface area contributed by atoms with E-state index in [0.717, 1.165) is 36.9 Å². The van der Waals surface area contributed by atoms with Gasteiger partial charge in [-0.1, -0.05) is 25.0 Å². The third-order valence-electron chi connectivity index (χ3n) is 3.23. The lowest BCUT2D eigenvalue weighted by molar-refractivity contribution is 0.114. The number of nitrogens with two attached hydrogens (primary N) is 1. The lowest BCUT2D eigenvalue weighted by Crippen LogP contribution is -2.04. The minimum Gasteiger partial charge on any atom is -0.494 e. The van der Waals surface area contributed by atoms with Crippen LogP contribution in [-0.2, 0) is 11.3 Å². The van der Waals surface area contributed by atoms with E-state index in [1.165, 1.54) is 19.3 Å². The minimum absolute atomic E-state index is 0.578. The Kier molecular flexibility index (Phi) is 5.49. The Morgan fingerprint density at radius 2 is 1.83 bits per heavy atom. The molecule has 0 saturated heterocycles. The van der Waals surface area contributed by atoms with E-state index in [0.29, 0.717) is 13.2 Å². The monoisotopic (exact) mass is 249 g/mol. The predicted octanol–water partition coefficient (Wildman–Crippen LogP) is 2.73. The smallest absolute Gasteiger partial charge is 0.119 e. The summed E-state index contributed by atoms with van der Waals surface area (Å²) in [6.45, 7) is 3.00. The third-order valence-corrected chi connectivity index (χ3v) is 3.23. The summed E-state index contributed by atoms with van der Waals surface area (Å²) in [5.41, 5.74) is 6.67. The molecule has 1 aliphatic carbocycles. The van der Waals surface area contributed by atoms with Crippen LogP contribution in [0.2, 0.25) is 0 Å². The Balaban J connectivity index is 1.48. The summed E-state index contributed by atoms with van der Waals surface area (Å²) in [5.74, 6) is 1.87. The summed E-state index contributed by atoms with van der Waals surface area (Å²) >= 11 is 0. The van der Waals surface area contributed by atoms with Crippen molar-refractivity contribution in [2.75, 3.05) is 19.8 Å². The molecule has 1 fully saturated rings. The zero-order valence-corrected chi connectivity index (χ0v) is 10.9. The second kappa shape index (κ2) is 7.39. The highest BCUT2D eigenvalue weighted by Gasteiger charge is 2.20.